The second-order valence-corrected chi connectivity index (χ2v) is 7.04. The third-order valence-electron chi connectivity index (χ3n) is 3.79. The maximum absolute atomic E-state index is 12.6. The molecule has 1 amide bonds. The van der Waals surface area contributed by atoms with Crippen molar-refractivity contribution < 1.29 is 13.2 Å². The summed E-state index contributed by atoms with van der Waals surface area (Å²) < 4.78 is 26.5. The maximum Gasteiger partial charge on any atom is 0.248 e. The molecule has 2 rings (SSSR count). The molecular weight excluding hydrogens is 278 g/mol. The lowest BCUT2D eigenvalue weighted by Gasteiger charge is -2.24. The minimum absolute atomic E-state index is 0.0233. The Hall–Kier alpha value is -1.60. The Morgan fingerprint density at radius 1 is 1.30 bits per heavy atom. The van der Waals surface area contributed by atoms with Crippen LogP contribution in [0.3, 0.4) is 0 Å². The standard InChI is InChI=1S/C13H19N3O3S/c1-16(10-4-2-3-5-10)20(18,19)12-7-6-9(13(15)17)8-11(12)14/h6-8,10H,2-5,14H2,1H3,(H2,15,17). The van der Waals surface area contributed by atoms with Crippen LogP contribution in [0, 0.1) is 0 Å². The summed E-state index contributed by atoms with van der Waals surface area (Å²) in [6.45, 7) is 0. The molecule has 0 spiro atoms. The monoisotopic (exact) mass is 297 g/mol. The van der Waals surface area contributed by atoms with Crippen molar-refractivity contribution >= 4 is 21.6 Å². The molecule has 110 valence electrons. The van der Waals surface area contributed by atoms with Crippen molar-refractivity contribution in [2.45, 2.75) is 36.6 Å². The van der Waals surface area contributed by atoms with Gasteiger partial charge in [0.1, 0.15) is 4.90 Å². The van der Waals surface area contributed by atoms with Gasteiger partial charge in [0.15, 0.2) is 0 Å². The molecule has 1 aliphatic rings. The van der Waals surface area contributed by atoms with Gasteiger partial charge in [0.2, 0.25) is 15.9 Å². The first-order valence-corrected chi connectivity index (χ1v) is 7.95. The molecule has 7 heteroatoms. The Morgan fingerprint density at radius 2 is 1.90 bits per heavy atom. The summed E-state index contributed by atoms with van der Waals surface area (Å²) in [5, 5.41) is 0. The number of benzene rings is 1. The number of carbonyl (C=O) groups is 1. The van der Waals surface area contributed by atoms with Crippen LogP contribution in [-0.4, -0.2) is 31.7 Å². The SMILES string of the molecule is CN(C1CCCC1)S(=O)(=O)c1ccc(C(N)=O)cc1N. The van der Waals surface area contributed by atoms with Gasteiger partial charge in [-0.3, -0.25) is 4.79 Å². The summed E-state index contributed by atoms with van der Waals surface area (Å²) in [5.74, 6) is -0.634. The van der Waals surface area contributed by atoms with Gasteiger partial charge >= 0.3 is 0 Å². The van der Waals surface area contributed by atoms with Crippen LogP contribution in [0.5, 0.6) is 0 Å². The number of amides is 1. The number of nitrogens with zero attached hydrogens (tertiary/aromatic N) is 1. The summed E-state index contributed by atoms with van der Waals surface area (Å²) in [4.78, 5) is 11.1. The number of nitrogen functional groups attached to an aromatic ring is 1. The van der Waals surface area contributed by atoms with Crippen LogP contribution in [0.15, 0.2) is 23.1 Å². The fourth-order valence-corrected chi connectivity index (χ4v) is 4.07. The Labute approximate surface area is 118 Å². The summed E-state index contributed by atoms with van der Waals surface area (Å²) in [6.07, 6.45) is 3.82. The van der Waals surface area contributed by atoms with Crippen molar-refractivity contribution in [2.75, 3.05) is 12.8 Å². The van der Waals surface area contributed by atoms with Gasteiger partial charge in [0.05, 0.1) is 5.69 Å². The van der Waals surface area contributed by atoms with E-state index in [0.29, 0.717) is 0 Å². The number of anilines is 1. The number of rotatable bonds is 4. The molecule has 0 heterocycles. The van der Waals surface area contributed by atoms with Gasteiger partial charge in [-0.1, -0.05) is 12.8 Å². The normalized spacial score (nSPS) is 16.7. The summed E-state index contributed by atoms with van der Waals surface area (Å²) >= 11 is 0. The average molecular weight is 297 g/mol. The van der Waals surface area contributed by atoms with Crippen molar-refractivity contribution in [3.8, 4) is 0 Å². The molecule has 0 unspecified atom stereocenters. The first-order valence-electron chi connectivity index (χ1n) is 6.51. The van der Waals surface area contributed by atoms with Crippen molar-refractivity contribution in [2.24, 2.45) is 5.73 Å². The average Bonchev–Trinajstić information content (AvgIpc) is 2.90. The van der Waals surface area contributed by atoms with Gasteiger partial charge in [-0.05, 0) is 31.0 Å². The second kappa shape index (κ2) is 5.41. The smallest absolute Gasteiger partial charge is 0.248 e. The van der Waals surface area contributed by atoms with Crippen molar-refractivity contribution in [1.82, 2.24) is 4.31 Å². The van der Waals surface area contributed by atoms with E-state index in [4.69, 9.17) is 11.5 Å². The van der Waals surface area contributed by atoms with Crippen LogP contribution in [0.2, 0.25) is 0 Å². The molecule has 1 aliphatic carbocycles. The van der Waals surface area contributed by atoms with Crippen LogP contribution < -0.4 is 11.5 Å². The molecule has 0 atom stereocenters. The molecule has 1 aromatic rings. The van der Waals surface area contributed by atoms with E-state index in [2.05, 4.69) is 0 Å². The topological polar surface area (TPSA) is 106 Å². The number of nitrogens with two attached hydrogens (primary N) is 2. The van der Waals surface area contributed by atoms with Crippen molar-refractivity contribution in [3.05, 3.63) is 23.8 Å². The molecule has 0 aliphatic heterocycles. The van der Waals surface area contributed by atoms with Crippen LogP contribution in [0.1, 0.15) is 36.0 Å². The minimum atomic E-state index is -3.64. The number of hydrogen-bond acceptors (Lipinski definition) is 4. The van der Waals surface area contributed by atoms with Gasteiger partial charge < -0.3 is 11.5 Å². The third kappa shape index (κ3) is 2.64. The Bertz CT molecular complexity index is 622. The van der Waals surface area contributed by atoms with E-state index in [1.165, 1.54) is 22.5 Å². The molecule has 0 aromatic heterocycles. The quantitative estimate of drug-likeness (QED) is 0.806. The number of hydrogen-bond donors (Lipinski definition) is 2. The highest BCUT2D eigenvalue weighted by molar-refractivity contribution is 7.89. The van der Waals surface area contributed by atoms with E-state index >= 15 is 0 Å². The van der Waals surface area contributed by atoms with E-state index < -0.39 is 15.9 Å². The predicted molar refractivity (Wildman–Crippen MR) is 76.6 cm³/mol. The third-order valence-corrected chi connectivity index (χ3v) is 5.77. The molecular formula is C13H19N3O3S. The van der Waals surface area contributed by atoms with E-state index in [0.717, 1.165) is 25.7 Å². The minimum Gasteiger partial charge on any atom is -0.398 e. The molecule has 0 saturated heterocycles. The molecule has 1 aromatic carbocycles. The highest BCUT2D eigenvalue weighted by Gasteiger charge is 2.31. The molecule has 1 saturated carbocycles. The zero-order chi connectivity index (χ0) is 14.9. The largest absolute Gasteiger partial charge is 0.398 e. The van der Waals surface area contributed by atoms with Gasteiger partial charge in [-0.15, -0.1) is 0 Å². The van der Waals surface area contributed by atoms with Crippen LogP contribution in [0.25, 0.3) is 0 Å². The summed E-state index contributed by atoms with van der Waals surface area (Å²) in [7, 11) is -2.06. The fourth-order valence-electron chi connectivity index (χ4n) is 2.56. The first-order chi connectivity index (χ1) is 9.34. The predicted octanol–water partition coefficient (Wildman–Crippen LogP) is 0.931. The van der Waals surface area contributed by atoms with Crippen LogP contribution in [0.4, 0.5) is 5.69 Å². The summed E-state index contributed by atoms with van der Waals surface area (Å²) in [6, 6.07) is 4.05. The van der Waals surface area contributed by atoms with E-state index in [-0.39, 0.29) is 22.2 Å². The molecule has 0 radical (unpaired) electrons. The molecule has 1 fully saturated rings. The molecule has 20 heavy (non-hydrogen) atoms. The molecule has 6 nitrogen and oxygen atoms in total. The lowest BCUT2D eigenvalue weighted by molar-refractivity contribution is 0.1000. The maximum atomic E-state index is 12.6. The highest BCUT2D eigenvalue weighted by atomic mass is 32.2. The Morgan fingerprint density at radius 3 is 2.40 bits per heavy atom. The Balaban J connectivity index is 2.36. The van der Waals surface area contributed by atoms with Crippen molar-refractivity contribution in [3.63, 3.8) is 0 Å². The zero-order valence-electron chi connectivity index (χ0n) is 11.4. The van der Waals surface area contributed by atoms with Crippen molar-refractivity contribution in [1.29, 1.82) is 0 Å². The first kappa shape index (κ1) is 14.8. The summed E-state index contributed by atoms with van der Waals surface area (Å²) in [5.41, 5.74) is 11.2. The lowest BCUT2D eigenvalue weighted by Crippen LogP contribution is -2.35. The van der Waals surface area contributed by atoms with Crippen LogP contribution >= 0.6 is 0 Å². The van der Waals surface area contributed by atoms with Crippen LogP contribution in [-0.2, 0) is 10.0 Å². The van der Waals surface area contributed by atoms with Gasteiger partial charge in [-0.25, -0.2) is 8.42 Å². The number of carbonyl (C=O) groups excluding carboxylic acids is 1. The molecule has 0 bridgehead atoms. The van der Waals surface area contributed by atoms with E-state index in [1.807, 2.05) is 0 Å². The van der Waals surface area contributed by atoms with E-state index in [9.17, 15) is 13.2 Å². The zero-order valence-corrected chi connectivity index (χ0v) is 12.2. The van der Waals surface area contributed by atoms with E-state index in [1.54, 1.807) is 7.05 Å². The van der Waals surface area contributed by atoms with Gasteiger partial charge in [0.25, 0.3) is 0 Å². The number of primary amides is 1. The fraction of sp³-hybridized carbons (Fsp3) is 0.462. The lowest BCUT2D eigenvalue weighted by atomic mass is 10.2. The van der Waals surface area contributed by atoms with Gasteiger partial charge in [-0.2, -0.15) is 4.31 Å². The number of sulfonamides is 1. The molecule has 4 N–H and O–H groups in total. The van der Waals surface area contributed by atoms with Gasteiger partial charge in [0, 0.05) is 18.7 Å². The second-order valence-electron chi connectivity index (χ2n) is 5.08. The Kier molecular flexibility index (Phi) is 4.01. The highest BCUT2D eigenvalue weighted by Crippen LogP contribution is 2.29.